The summed E-state index contributed by atoms with van der Waals surface area (Å²) in [5, 5.41) is 0. The lowest BCUT2D eigenvalue weighted by Gasteiger charge is -2.44. The van der Waals surface area contributed by atoms with Gasteiger partial charge in [0, 0.05) is 18.2 Å². The van der Waals surface area contributed by atoms with Crippen LogP contribution in [0.1, 0.15) is 34.8 Å². The zero-order valence-electron chi connectivity index (χ0n) is 14.5. The van der Waals surface area contributed by atoms with Gasteiger partial charge in [0.2, 0.25) is 0 Å². The maximum Gasteiger partial charge on any atom is 0.159 e. The summed E-state index contributed by atoms with van der Waals surface area (Å²) in [5.41, 5.74) is 4.72. The van der Waals surface area contributed by atoms with Crippen molar-refractivity contribution in [3.05, 3.63) is 77.4 Å². The quantitative estimate of drug-likeness (QED) is 0.794. The zero-order chi connectivity index (χ0) is 17.2. The minimum Gasteiger partial charge on any atom is -0.378 e. The third kappa shape index (κ3) is 3.44. The van der Waals surface area contributed by atoms with E-state index < -0.39 is 0 Å². The molecule has 0 spiro atoms. The summed E-state index contributed by atoms with van der Waals surface area (Å²) >= 11 is 0. The normalized spacial score (nSPS) is 23.2. The van der Waals surface area contributed by atoms with Gasteiger partial charge in [0.25, 0.3) is 0 Å². The Morgan fingerprint density at radius 3 is 2.52 bits per heavy atom. The van der Waals surface area contributed by atoms with E-state index in [-0.39, 0.29) is 5.78 Å². The topological polar surface area (TPSA) is 29.5 Å². The Bertz CT molecular complexity index is 779. The molecule has 2 unspecified atom stereocenters. The molecule has 4 rings (SSSR count). The fraction of sp³-hybridized carbons (Fsp3) is 0.318. The van der Waals surface area contributed by atoms with Crippen molar-refractivity contribution < 1.29 is 9.53 Å². The van der Waals surface area contributed by atoms with Crippen molar-refractivity contribution >= 4 is 11.4 Å². The standard InChI is InChI=1S/C22H23NO2/c1-16(24)18-7-9-19(10-8-18)20-11-21-14-25-15-22(12-20)23(21)13-17-5-3-2-4-6-17/h2-11,21-22H,12-15H2,1H3. The molecule has 128 valence electrons. The van der Waals surface area contributed by atoms with Crippen LogP contribution >= 0.6 is 0 Å². The third-order valence-corrected chi connectivity index (χ3v) is 5.21. The van der Waals surface area contributed by atoms with Crippen molar-refractivity contribution in [3.63, 3.8) is 0 Å². The van der Waals surface area contributed by atoms with Crippen LogP contribution in [-0.2, 0) is 11.3 Å². The summed E-state index contributed by atoms with van der Waals surface area (Å²) in [6.45, 7) is 4.11. The van der Waals surface area contributed by atoms with E-state index in [1.807, 2.05) is 12.1 Å². The number of Topliss-reactive ketones (excluding diaryl/α,β-unsaturated/α-hetero) is 1. The van der Waals surface area contributed by atoms with Crippen molar-refractivity contribution in [1.82, 2.24) is 4.90 Å². The molecule has 2 aliphatic rings. The van der Waals surface area contributed by atoms with Crippen LogP contribution in [0, 0.1) is 0 Å². The Morgan fingerprint density at radius 1 is 1.08 bits per heavy atom. The molecule has 2 aromatic rings. The average Bonchev–Trinajstić information content (AvgIpc) is 2.62. The number of carbonyl (C=O) groups is 1. The first-order valence-electron chi connectivity index (χ1n) is 8.90. The van der Waals surface area contributed by atoms with Gasteiger partial charge < -0.3 is 4.74 Å². The van der Waals surface area contributed by atoms with Crippen LogP contribution in [0.2, 0.25) is 0 Å². The molecule has 2 bridgehead atoms. The van der Waals surface area contributed by atoms with E-state index in [0.717, 1.165) is 31.7 Å². The van der Waals surface area contributed by atoms with E-state index >= 15 is 0 Å². The molecule has 0 amide bonds. The Balaban J connectivity index is 1.57. The summed E-state index contributed by atoms with van der Waals surface area (Å²) in [5.74, 6) is 0.114. The van der Waals surface area contributed by atoms with Crippen molar-refractivity contribution in [2.75, 3.05) is 13.2 Å². The van der Waals surface area contributed by atoms with E-state index in [1.54, 1.807) is 6.92 Å². The Morgan fingerprint density at radius 2 is 1.84 bits per heavy atom. The van der Waals surface area contributed by atoms with Crippen molar-refractivity contribution in [2.24, 2.45) is 0 Å². The fourth-order valence-electron chi connectivity index (χ4n) is 3.83. The highest BCUT2D eigenvalue weighted by atomic mass is 16.5. The molecule has 0 N–H and O–H groups in total. The number of ketones is 1. The van der Waals surface area contributed by atoms with Crippen LogP contribution in [0.4, 0.5) is 0 Å². The molecular weight excluding hydrogens is 310 g/mol. The van der Waals surface area contributed by atoms with E-state index in [2.05, 4.69) is 53.4 Å². The van der Waals surface area contributed by atoms with Gasteiger partial charge >= 0.3 is 0 Å². The van der Waals surface area contributed by atoms with Crippen LogP contribution < -0.4 is 0 Å². The predicted molar refractivity (Wildman–Crippen MR) is 99.4 cm³/mol. The van der Waals surface area contributed by atoms with Gasteiger partial charge in [0.1, 0.15) is 0 Å². The minimum absolute atomic E-state index is 0.114. The molecule has 0 saturated carbocycles. The number of carbonyl (C=O) groups excluding carboxylic acids is 1. The van der Waals surface area contributed by atoms with Crippen LogP contribution in [0.15, 0.2) is 60.7 Å². The Hall–Kier alpha value is -2.23. The van der Waals surface area contributed by atoms with Crippen LogP contribution in [-0.4, -0.2) is 36.0 Å². The number of morpholine rings is 1. The number of rotatable bonds is 4. The van der Waals surface area contributed by atoms with Gasteiger partial charge in [-0.1, -0.05) is 60.7 Å². The molecule has 2 atom stereocenters. The van der Waals surface area contributed by atoms with Crippen molar-refractivity contribution in [3.8, 4) is 0 Å². The van der Waals surface area contributed by atoms with Gasteiger partial charge in [-0.15, -0.1) is 0 Å². The average molecular weight is 333 g/mol. The number of fused-ring (bicyclic) bond motifs is 2. The zero-order valence-corrected chi connectivity index (χ0v) is 14.5. The largest absolute Gasteiger partial charge is 0.378 e. The van der Waals surface area contributed by atoms with Gasteiger partial charge in [-0.2, -0.15) is 0 Å². The highest BCUT2D eigenvalue weighted by Crippen LogP contribution is 2.33. The maximum atomic E-state index is 11.5. The first-order chi connectivity index (χ1) is 12.2. The van der Waals surface area contributed by atoms with Crippen molar-refractivity contribution in [1.29, 1.82) is 0 Å². The van der Waals surface area contributed by atoms with Crippen LogP contribution in [0.5, 0.6) is 0 Å². The molecular formula is C22H23NO2. The second-order valence-corrected chi connectivity index (χ2v) is 6.95. The Labute approximate surface area is 148 Å². The van der Waals surface area contributed by atoms with Gasteiger partial charge in [-0.25, -0.2) is 0 Å². The van der Waals surface area contributed by atoms with E-state index in [4.69, 9.17) is 4.74 Å². The highest BCUT2D eigenvalue weighted by Gasteiger charge is 2.34. The van der Waals surface area contributed by atoms with Crippen molar-refractivity contribution in [2.45, 2.75) is 32.0 Å². The number of ether oxygens (including phenoxy) is 1. The molecule has 3 heteroatoms. The van der Waals surface area contributed by atoms with Gasteiger partial charge in [0.15, 0.2) is 5.78 Å². The summed E-state index contributed by atoms with van der Waals surface area (Å²) in [4.78, 5) is 14.0. The molecule has 2 heterocycles. The number of nitrogens with zero attached hydrogens (tertiary/aromatic N) is 1. The molecule has 0 aliphatic carbocycles. The number of benzene rings is 2. The molecule has 0 aromatic heterocycles. The Kier molecular flexibility index (Phi) is 4.51. The molecule has 2 aromatic carbocycles. The highest BCUT2D eigenvalue weighted by molar-refractivity contribution is 5.94. The van der Waals surface area contributed by atoms with E-state index in [9.17, 15) is 4.79 Å². The minimum atomic E-state index is 0.114. The number of hydrogen-bond acceptors (Lipinski definition) is 3. The fourth-order valence-corrected chi connectivity index (χ4v) is 3.83. The molecule has 1 fully saturated rings. The second kappa shape index (κ2) is 6.95. The lowest BCUT2D eigenvalue weighted by molar-refractivity contribution is -0.0402. The lowest BCUT2D eigenvalue weighted by Crippen LogP contribution is -2.53. The summed E-state index contributed by atoms with van der Waals surface area (Å²) in [7, 11) is 0. The summed E-state index contributed by atoms with van der Waals surface area (Å²) in [6, 6.07) is 19.4. The summed E-state index contributed by atoms with van der Waals surface area (Å²) < 4.78 is 5.81. The lowest BCUT2D eigenvalue weighted by atomic mass is 9.89. The third-order valence-electron chi connectivity index (χ3n) is 5.21. The molecule has 25 heavy (non-hydrogen) atoms. The first kappa shape index (κ1) is 16.2. The first-order valence-corrected chi connectivity index (χ1v) is 8.90. The van der Waals surface area contributed by atoms with E-state index in [1.165, 1.54) is 16.7 Å². The summed E-state index contributed by atoms with van der Waals surface area (Å²) in [6.07, 6.45) is 3.34. The van der Waals surface area contributed by atoms with Gasteiger partial charge in [-0.3, -0.25) is 9.69 Å². The molecule has 2 aliphatic heterocycles. The smallest absolute Gasteiger partial charge is 0.159 e. The second-order valence-electron chi connectivity index (χ2n) is 6.95. The molecule has 1 saturated heterocycles. The van der Waals surface area contributed by atoms with Gasteiger partial charge in [0.05, 0.1) is 19.3 Å². The molecule has 3 nitrogen and oxygen atoms in total. The van der Waals surface area contributed by atoms with Crippen LogP contribution in [0.3, 0.4) is 0 Å². The predicted octanol–water partition coefficient (Wildman–Crippen LogP) is 3.95. The van der Waals surface area contributed by atoms with Gasteiger partial charge in [-0.05, 0) is 30.0 Å². The maximum absolute atomic E-state index is 11.5. The molecule has 0 radical (unpaired) electrons. The SMILES string of the molecule is CC(=O)c1ccc(C2=CC3COCC(C2)N3Cc2ccccc2)cc1. The number of hydrogen-bond donors (Lipinski definition) is 0. The van der Waals surface area contributed by atoms with E-state index in [0.29, 0.717) is 12.1 Å². The monoisotopic (exact) mass is 333 g/mol. The van der Waals surface area contributed by atoms with Crippen LogP contribution in [0.25, 0.3) is 5.57 Å².